The lowest BCUT2D eigenvalue weighted by molar-refractivity contribution is -0.133. The summed E-state index contributed by atoms with van der Waals surface area (Å²) < 4.78 is 29.2. The van der Waals surface area contributed by atoms with Gasteiger partial charge in [-0.05, 0) is 30.7 Å². The Balaban J connectivity index is 1.52. The Bertz CT molecular complexity index is 1110. The van der Waals surface area contributed by atoms with Gasteiger partial charge in [-0.1, -0.05) is 23.7 Å². The van der Waals surface area contributed by atoms with Crippen LogP contribution in [-0.4, -0.2) is 41.8 Å². The zero-order chi connectivity index (χ0) is 20.4. The molecule has 1 atom stereocenters. The van der Waals surface area contributed by atoms with Crippen molar-refractivity contribution in [2.75, 3.05) is 11.5 Å². The van der Waals surface area contributed by atoms with Crippen molar-refractivity contribution in [3.8, 4) is 10.6 Å². The maximum atomic E-state index is 13.1. The van der Waals surface area contributed by atoms with E-state index in [0.717, 1.165) is 10.6 Å². The summed E-state index contributed by atoms with van der Waals surface area (Å²) in [6.45, 7) is 0.247. The first-order chi connectivity index (χ1) is 13.9. The first kappa shape index (κ1) is 20.1. The quantitative estimate of drug-likeness (QED) is 0.570. The van der Waals surface area contributed by atoms with Gasteiger partial charge in [-0.25, -0.2) is 13.4 Å². The second-order valence-electron chi connectivity index (χ2n) is 6.99. The van der Waals surface area contributed by atoms with Crippen LogP contribution in [0.2, 0.25) is 5.02 Å². The summed E-state index contributed by atoms with van der Waals surface area (Å²) in [5.41, 5.74) is 1.55. The molecule has 1 fully saturated rings. The number of furan rings is 1. The molecule has 3 aromatic rings. The van der Waals surface area contributed by atoms with Gasteiger partial charge in [0.15, 0.2) is 9.84 Å². The normalized spacial score (nSPS) is 18.0. The molecule has 9 heteroatoms. The Morgan fingerprint density at radius 2 is 2.17 bits per heavy atom. The predicted octanol–water partition coefficient (Wildman–Crippen LogP) is 3.81. The van der Waals surface area contributed by atoms with Crippen molar-refractivity contribution >= 4 is 38.7 Å². The van der Waals surface area contributed by atoms with Crippen molar-refractivity contribution in [3.05, 3.63) is 64.5 Å². The molecule has 1 aromatic carbocycles. The molecule has 3 heterocycles. The van der Waals surface area contributed by atoms with E-state index in [-0.39, 0.29) is 36.4 Å². The Morgan fingerprint density at radius 1 is 1.31 bits per heavy atom. The zero-order valence-electron chi connectivity index (χ0n) is 15.5. The number of benzene rings is 1. The molecule has 2 aromatic heterocycles. The van der Waals surface area contributed by atoms with Crippen LogP contribution in [0.3, 0.4) is 0 Å². The minimum absolute atomic E-state index is 0.00964. The highest BCUT2D eigenvalue weighted by Crippen LogP contribution is 2.27. The number of carbonyl (C=O) groups excluding carboxylic acids is 1. The fourth-order valence-electron chi connectivity index (χ4n) is 3.41. The van der Waals surface area contributed by atoms with E-state index < -0.39 is 9.84 Å². The molecule has 29 heavy (non-hydrogen) atoms. The summed E-state index contributed by atoms with van der Waals surface area (Å²) in [5, 5.41) is 3.27. The molecule has 0 unspecified atom stereocenters. The van der Waals surface area contributed by atoms with Gasteiger partial charge in [-0.3, -0.25) is 4.79 Å². The molecule has 4 rings (SSSR count). The smallest absolute Gasteiger partial charge is 0.229 e. The van der Waals surface area contributed by atoms with Gasteiger partial charge in [0.05, 0.1) is 36.4 Å². The molecule has 1 aliphatic heterocycles. The van der Waals surface area contributed by atoms with Gasteiger partial charge in [0.25, 0.3) is 0 Å². The van der Waals surface area contributed by atoms with Crippen LogP contribution in [-0.2, 0) is 27.6 Å². The van der Waals surface area contributed by atoms with Crippen LogP contribution in [0.1, 0.15) is 17.9 Å². The number of rotatable bonds is 6. The fourth-order valence-corrected chi connectivity index (χ4v) is 6.15. The number of hydrogen-bond acceptors (Lipinski definition) is 6. The number of nitrogens with zero attached hydrogens (tertiary/aromatic N) is 2. The Labute approximate surface area is 178 Å². The molecule has 0 spiro atoms. The first-order valence-electron chi connectivity index (χ1n) is 9.12. The van der Waals surface area contributed by atoms with Crippen LogP contribution in [0.15, 0.2) is 52.5 Å². The number of sulfone groups is 1. The third kappa shape index (κ3) is 4.88. The average molecular weight is 451 g/mol. The minimum atomic E-state index is -3.11. The van der Waals surface area contributed by atoms with Gasteiger partial charge in [0.2, 0.25) is 5.91 Å². The van der Waals surface area contributed by atoms with Crippen molar-refractivity contribution in [1.29, 1.82) is 0 Å². The van der Waals surface area contributed by atoms with Crippen LogP contribution in [0.4, 0.5) is 0 Å². The van der Waals surface area contributed by atoms with E-state index in [9.17, 15) is 13.2 Å². The number of hydrogen-bond donors (Lipinski definition) is 0. The standard InChI is InChI=1S/C20H19ClN2O4S2/c21-15-4-1-3-14(9-15)20-22-16(12-28-20)10-19(24)23(11-18-5-2-7-27-18)17-6-8-29(25,26)13-17/h1-5,7,9,12,17H,6,8,10-11,13H2/t17-/m1/s1. The molecule has 0 N–H and O–H groups in total. The van der Waals surface area contributed by atoms with Crippen molar-refractivity contribution in [3.63, 3.8) is 0 Å². The Hall–Kier alpha value is -2.16. The second-order valence-corrected chi connectivity index (χ2v) is 10.5. The second kappa shape index (κ2) is 8.30. The minimum Gasteiger partial charge on any atom is -0.467 e. The predicted molar refractivity (Wildman–Crippen MR) is 113 cm³/mol. The van der Waals surface area contributed by atoms with Crippen LogP contribution in [0.25, 0.3) is 10.6 Å². The molecule has 1 aliphatic rings. The van der Waals surface area contributed by atoms with Gasteiger partial charge in [-0.2, -0.15) is 0 Å². The summed E-state index contributed by atoms with van der Waals surface area (Å²) in [7, 11) is -3.11. The average Bonchev–Trinajstić information content (AvgIpc) is 3.41. The maximum Gasteiger partial charge on any atom is 0.229 e. The third-order valence-corrected chi connectivity index (χ3v) is 7.76. The number of thiazole rings is 1. The lowest BCUT2D eigenvalue weighted by Gasteiger charge is -2.27. The van der Waals surface area contributed by atoms with E-state index in [4.69, 9.17) is 16.0 Å². The zero-order valence-corrected chi connectivity index (χ0v) is 17.8. The van der Waals surface area contributed by atoms with Crippen LogP contribution < -0.4 is 0 Å². The van der Waals surface area contributed by atoms with Gasteiger partial charge >= 0.3 is 0 Å². The molecule has 6 nitrogen and oxygen atoms in total. The van der Waals surface area contributed by atoms with Crippen molar-refractivity contribution in [2.45, 2.75) is 25.4 Å². The van der Waals surface area contributed by atoms with E-state index in [1.165, 1.54) is 11.3 Å². The monoisotopic (exact) mass is 450 g/mol. The maximum absolute atomic E-state index is 13.1. The molecular weight excluding hydrogens is 432 g/mol. The van der Waals surface area contributed by atoms with E-state index >= 15 is 0 Å². The van der Waals surface area contributed by atoms with E-state index in [0.29, 0.717) is 22.9 Å². The summed E-state index contributed by atoms with van der Waals surface area (Å²) in [6.07, 6.45) is 2.09. The molecule has 0 saturated carbocycles. The molecule has 0 radical (unpaired) electrons. The highest BCUT2D eigenvalue weighted by atomic mass is 35.5. The lowest BCUT2D eigenvalue weighted by atomic mass is 10.2. The summed E-state index contributed by atoms with van der Waals surface area (Å²) in [6, 6.07) is 10.6. The van der Waals surface area contributed by atoms with Crippen LogP contribution in [0, 0.1) is 0 Å². The van der Waals surface area contributed by atoms with Crippen LogP contribution >= 0.6 is 22.9 Å². The van der Waals surface area contributed by atoms with Crippen molar-refractivity contribution in [1.82, 2.24) is 9.88 Å². The fraction of sp³-hybridized carbons (Fsp3) is 0.300. The Kier molecular flexibility index (Phi) is 5.76. The number of amides is 1. The SMILES string of the molecule is O=C(Cc1csc(-c2cccc(Cl)c2)n1)N(Cc1ccco1)[C@@H]1CCS(=O)(=O)C1. The summed E-state index contributed by atoms with van der Waals surface area (Å²) in [4.78, 5) is 19.2. The topological polar surface area (TPSA) is 80.5 Å². The molecule has 1 saturated heterocycles. The van der Waals surface area contributed by atoms with E-state index in [1.807, 2.05) is 23.6 Å². The number of carbonyl (C=O) groups is 1. The Morgan fingerprint density at radius 3 is 2.86 bits per heavy atom. The van der Waals surface area contributed by atoms with E-state index in [2.05, 4.69) is 4.98 Å². The molecule has 0 bridgehead atoms. The third-order valence-electron chi connectivity index (χ3n) is 4.83. The van der Waals surface area contributed by atoms with Gasteiger partial charge in [-0.15, -0.1) is 11.3 Å². The number of halogens is 1. The van der Waals surface area contributed by atoms with Gasteiger partial charge in [0, 0.05) is 22.0 Å². The summed E-state index contributed by atoms with van der Waals surface area (Å²) in [5.74, 6) is 0.562. The van der Waals surface area contributed by atoms with Crippen LogP contribution in [0.5, 0.6) is 0 Å². The molecule has 152 valence electrons. The number of aromatic nitrogens is 1. The molecule has 0 aliphatic carbocycles. The van der Waals surface area contributed by atoms with Gasteiger partial charge in [0.1, 0.15) is 10.8 Å². The first-order valence-corrected chi connectivity index (χ1v) is 12.2. The van der Waals surface area contributed by atoms with E-state index in [1.54, 1.807) is 29.4 Å². The lowest BCUT2D eigenvalue weighted by Crippen LogP contribution is -2.41. The highest BCUT2D eigenvalue weighted by molar-refractivity contribution is 7.91. The largest absolute Gasteiger partial charge is 0.467 e. The van der Waals surface area contributed by atoms with Crippen molar-refractivity contribution in [2.24, 2.45) is 0 Å². The molecular formula is C20H19ClN2O4S2. The van der Waals surface area contributed by atoms with Crippen molar-refractivity contribution < 1.29 is 17.6 Å². The van der Waals surface area contributed by atoms with Gasteiger partial charge < -0.3 is 9.32 Å². The highest BCUT2D eigenvalue weighted by Gasteiger charge is 2.35. The summed E-state index contributed by atoms with van der Waals surface area (Å²) >= 11 is 7.50. The molecule has 1 amide bonds.